The summed E-state index contributed by atoms with van der Waals surface area (Å²) >= 11 is 15.6. The van der Waals surface area contributed by atoms with Gasteiger partial charge in [0.15, 0.2) is 0 Å². The number of aromatic nitrogens is 2. The van der Waals surface area contributed by atoms with E-state index in [4.69, 9.17) is 24.4 Å². The van der Waals surface area contributed by atoms with E-state index >= 15 is 0 Å². The molecule has 1 aliphatic rings. The second-order valence-corrected chi connectivity index (χ2v) is 12.9. The average Bonchev–Trinajstić information content (AvgIpc) is 2.84. The van der Waals surface area contributed by atoms with Crippen molar-refractivity contribution in [2.45, 2.75) is 26.9 Å². The molecule has 0 fully saturated rings. The number of thiazole rings is 2. The molecule has 8 heteroatoms. The average molecular weight is 444 g/mol. The fourth-order valence-corrected chi connectivity index (χ4v) is 15.7. The van der Waals surface area contributed by atoms with Gasteiger partial charge in [0.1, 0.15) is 0 Å². The minimum atomic E-state index is 0.554. The molecular weight excluding hydrogens is 434 g/mol. The molecule has 2 nitrogen and oxygen atoms in total. The molecule has 2 aromatic heterocycles. The van der Waals surface area contributed by atoms with Crippen LogP contribution in [0.4, 0.5) is 0 Å². The zero-order valence-corrected chi connectivity index (χ0v) is 16.5. The Morgan fingerprint density at radius 2 is 1.28 bits per heavy atom. The van der Waals surface area contributed by atoms with Gasteiger partial charge in [0.2, 0.25) is 0 Å². The Morgan fingerprint density at radius 1 is 0.889 bits per heavy atom. The van der Waals surface area contributed by atoms with E-state index in [1.54, 1.807) is 22.7 Å². The fraction of sp³-hybridized carbons (Fsp3) is 0.400. The van der Waals surface area contributed by atoms with Gasteiger partial charge < -0.3 is 0 Å². The first-order valence-corrected chi connectivity index (χ1v) is 14.0. The monoisotopic (exact) mass is 446 g/mol. The Hall–Kier alpha value is 0.739. The molecule has 0 radical (unpaired) electrons. The van der Waals surface area contributed by atoms with Crippen LogP contribution in [0.1, 0.15) is 13.8 Å². The third-order valence-corrected chi connectivity index (χ3v) is 13.4. The summed E-state index contributed by atoms with van der Waals surface area (Å²) in [4.78, 5) is 2.82. The molecule has 0 saturated carbocycles. The van der Waals surface area contributed by atoms with E-state index < -0.39 is 0 Å². The van der Waals surface area contributed by atoms with Crippen LogP contribution in [0.2, 0.25) is 0 Å². The van der Waals surface area contributed by atoms with E-state index in [2.05, 4.69) is 23.0 Å². The van der Waals surface area contributed by atoms with Gasteiger partial charge in [0.05, 0.1) is 0 Å². The van der Waals surface area contributed by atoms with Gasteiger partial charge in [-0.1, -0.05) is 0 Å². The van der Waals surface area contributed by atoms with E-state index in [9.17, 15) is 0 Å². The van der Waals surface area contributed by atoms with Crippen molar-refractivity contribution in [3.63, 3.8) is 0 Å². The molecule has 3 heterocycles. The maximum absolute atomic E-state index is 5.49. The van der Waals surface area contributed by atoms with Gasteiger partial charge in [0, 0.05) is 0 Å². The second kappa shape index (κ2) is 5.26. The molecular formula is C10H10N2S4Se2. The number of nitrogens with zero attached hydrogens (tertiary/aromatic N) is 2. The first-order chi connectivity index (χ1) is 8.67. The number of hydrogen-bond acceptors (Lipinski definition) is 4. The van der Waals surface area contributed by atoms with Crippen molar-refractivity contribution in [1.82, 2.24) is 9.13 Å². The van der Waals surface area contributed by atoms with Crippen LogP contribution in [0.3, 0.4) is 0 Å². The zero-order valence-electron chi connectivity index (χ0n) is 9.76. The second-order valence-electron chi connectivity index (χ2n) is 3.66. The molecule has 3 rings (SSSR count). The molecule has 0 amide bonds. The Kier molecular flexibility index (Phi) is 4.01. The predicted molar refractivity (Wildman–Crippen MR) is 87.4 cm³/mol. The van der Waals surface area contributed by atoms with Crippen LogP contribution in [0.15, 0.2) is 0 Å². The van der Waals surface area contributed by atoms with Crippen molar-refractivity contribution >= 4 is 82.6 Å². The summed E-state index contributed by atoms with van der Waals surface area (Å²) in [6.07, 6.45) is 0. The molecule has 0 unspecified atom stereocenters. The summed E-state index contributed by atoms with van der Waals surface area (Å²) in [5, 5.41) is 0. The third-order valence-electron chi connectivity index (χ3n) is 2.74. The van der Waals surface area contributed by atoms with Crippen molar-refractivity contribution in [2.75, 3.05) is 0 Å². The summed E-state index contributed by atoms with van der Waals surface area (Å²) < 4.78 is 9.70. The van der Waals surface area contributed by atoms with E-state index in [-0.39, 0.29) is 0 Å². The third kappa shape index (κ3) is 1.98. The van der Waals surface area contributed by atoms with E-state index in [1.165, 1.54) is 18.9 Å². The van der Waals surface area contributed by atoms with Gasteiger partial charge in [-0.25, -0.2) is 0 Å². The molecule has 0 aliphatic carbocycles. The zero-order chi connectivity index (χ0) is 12.9. The van der Waals surface area contributed by atoms with Crippen molar-refractivity contribution in [1.29, 1.82) is 0 Å². The van der Waals surface area contributed by atoms with Gasteiger partial charge in [-0.05, 0) is 0 Å². The van der Waals surface area contributed by atoms with E-state index in [0.29, 0.717) is 26.3 Å². The van der Waals surface area contributed by atoms with E-state index in [0.717, 1.165) is 21.0 Å². The van der Waals surface area contributed by atoms with Gasteiger partial charge in [-0.3, -0.25) is 0 Å². The number of rotatable bonds is 2. The van der Waals surface area contributed by atoms with Gasteiger partial charge in [0.25, 0.3) is 0 Å². The molecule has 0 bridgehead atoms. The molecule has 0 saturated heterocycles. The van der Waals surface area contributed by atoms with Crippen LogP contribution < -0.4 is 9.18 Å². The molecule has 0 spiro atoms. The Bertz CT molecular complexity index is 659. The topological polar surface area (TPSA) is 9.86 Å². The summed E-state index contributed by atoms with van der Waals surface area (Å²) in [5.74, 6) is 0. The maximum atomic E-state index is 5.49. The van der Waals surface area contributed by atoms with Crippen LogP contribution in [0.25, 0.3) is 9.75 Å². The number of hydrogen-bond donors (Lipinski definition) is 0. The molecule has 0 N–H and O–H groups in total. The fourth-order valence-electron chi connectivity index (χ4n) is 1.86. The molecule has 2 aromatic rings. The van der Waals surface area contributed by atoms with Gasteiger partial charge in [-0.15, -0.1) is 0 Å². The predicted octanol–water partition coefficient (Wildman–Crippen LogP) is 2.17. The normalized spacial score (nSPS) is 13.4. The van der Waals surface area contributed by atoms with Crippen molar-refractivity contribution in [3.8, 4) is 9.75 Å². The first kappa shape index (κ1) is 13.7. The number of fused-ring (bicyclic) bond motifs is 3. The minimum absolute atomic E-state index is 0.554. The van der Waals surface area contributed by atoms with Crippen molar-refractivity contribution in [2.24, 2.45) is 0 Å². The molecule has 18 heavy (non-hydrogen) atoms. The summed E-state index contributed by atoms with van der Waals surface area (Å²) in [6.45, 7) is 6.36. The standard InChI is InChI=1S/C10H10N2S4Se2/c1-3-11-7-5(15-9(11)13)6-8(18-17-7)12(4-2)10(14)16-6/h3-4H2,1-2H3. The van der Waals surface area contributed by atoms with Crippen molar-refractivity contribution in [3.05, 3.63) is 7.91 Å². The van der Waals surface area contributed by atoms with Crippen LogP contribution in [-0.4, -0.2) is 35.4 Å². The summed E-state index contributed by atoms with van der Waals surface area (Å²) in [5.41, 5.74) is 0. The summed E-state index contributed by atoms with van der Waals surface area (Å²) in [6, 6.07) is 0. The first-order valence-electron chi connectivity index (χ1n) is 5.49. The van der Waals surface area contributed by atoms with Crippen LogP contribution >= 0.6 is 47.1 Å². The van der Waals surface area contributed by atoms with Crippen molar-refractivity contribution < 1.29 is 0 Å². The Labute approximate surface area is 135 Å². The molecule has 1 aliphatic heterocycles. The van der Waals surface area contributed by atoms with Gasteiger partial charge in [-0.2, -0.15) is 0 Å². The molecule has 0 aromatic carbocycles. The van der Waals surface area contributed by atoms with Gasteiger partial charge >= 0.3 is 136 Å². The van der Waals surface area contributed by atoms with Crippen LogP contribution in [0, 0.1) is 7.91 Å². The molecule has 0 atom stereocenters. The summed E-state index contributed by atoms with van der Waals surface area (Å²) in [7, 11) is 0. The SMILES string of the molecule is CCn1c2c(sc1=S)-c1sc(=S)n(CC)c1[Se][Se]2. The van der Waals surface area contributed by atoms with Crippen LogP contribution in [0.5, 0.6) is 0 Å². The molecule has 96 valence electrons. The Morgan fingerprint density at radius 3 is 1.61 bits per heavy atom. The van der Waals surface area contributed by atoms with E-state index in [1.807, 2.05) is 0 Å². The Balaban J connectivity index is 2.30. The quantitative estimate of drug-likeness (QED) is 0.519. The van der Waals surface area contributed by atoms with Crippen LogP contribution in [-0.2, 0) is 13.1 Å².